The Labute approximate surface area is 124 Å². The monoisotopic (exact) mass is 278 g/mol. The number of nitrogens with zero attached hydrogens (tertiary/aromatic N) is 1. The summed E-state index contributed by atoms with van der Waals surface area (Å²) in [5, 5.41) is 13.8. The average Bonchev–Trinajstić information content (AvgIpc) is 2.52. The van der Waals surface area contributed by atoms with Gasteiger partial charge >= 0.3 is 0 Å². The summed E-state index contributed by atoms with van der Waals surface area (Å²) in [7, 11) is 0. The molecule has 3 aromatic rings. The van der Waals surface area contributed by atoms with Gasteiger partial charge in [-0.2, -0.15) is 0 Å². The Hall–Kier alpha value is -2.39. The summed E-state index contributed by atoms with van der Waals surface area (Å²) in [6, 6.07) is 18.1. The van der Waals surface area contributed by atoms with E-state index in [1.807, 2.05) is 49.4 Å². The minimum Gasteiger partial charge on any atom is -0.392 e. The van der Waals surface area contributed by atoms with Crippen LogP contribution in [0.4, 0.5) is 5.69 Å². The van der Waals surface area contributed by atoms with Crippen molar-refractivity contribution in [1.82, 2.24) is 4.98 Å². The topological polar surface area (TPSA) is 45.1 Å². The van der Waals surface area contributed by atoms with Crippen LogP contribution in [0.2, 0.25) is 0 Å². The van der Waals surface area contributed by atoms with Gasteiger partial charge in [-0.1, -0.05) is 30.3 Å². The summed E-state index contributed by atoms with van der Waals surface area (Å²) in [6.45, 7) is 2.81. The number of aliphatic hydroxyl groups excluding tert-OH is 1. The molecule has 21 heavy (non-hydrogen) atoms. The molecule has 106 valence electrons. The first-order valence-corrected chi connectivity index (χ1v) is 7.05. The number of para-hydroxylation sites is 1. The first-order chi connectivity index (χ1) is 10.3. The number of rotatable bonds is 4. The standard InChI is InChI=1S/C18H18N2O/c1-13-9-15(17-7-2-3-8-18(17)20-13)11-19-16-6-4-5-14(10-16)12-21/h2-10,19,21H,11-12H2,1H3. The molecule has 3 rings (SSSR count). The van der Waals surface area contributed by atoms with Crippen LogP contribution in [0, 0.1) is 6.92 Å². The van der Waals surface area contributed by atoms with E-state index in [9.17, 15) is 5.11 Å². The van der Waals surface area contributed by atoms with E-state index in [1.165, 1.54) is 10.9 Å². The molecule has 0 saturated carbocycles. The number of benzene rings is 2. The highest BCUT2D eigenvalue weighted by Crippen LogP contribution is 2.20. The Morgan fingerprint density at radius 2 is 1.90 bits per heavy atom. The van der Waals surface area contributed by atoms with Crippen LogP contribution in [0.25, 0.3) is 10.9 Å². The van der Waals surface area contributed by atoms with Crippen molar-refractivity contribution in [2.45, 2.75) is 20.1 Å². The number of hydrogen-bond acceptors (Lipinski definition) is 3. The minimum absolute atomic E-state index is 0.0623. The molecule has 0 fully saturated rings. The largest absolute Gasteiger partial charge is 0.392 e. The van der Waals surface area contributed by atoms with Crippen LogP contribution in [-0.2, 0) is 13.2 Å². The number of fused-ring (bicyclic) bond motifs is 1. The molecule has 0 saturated heterocycles. The third-order valence-corrected chi connectivity index (χ3v) is 3.52. The molecule has 2 aromatic carbocycles. The van der Waals surface area contributed by atoms with E-state index in [0.717, 1.165) is 29.0 Å². The van der Waals surface area contributed by atoms with E-state index in [4.69, 9.17) is 0 Å². The fraction of sp³-hybridized carbons (Fsp3) is 0.167. The zero-order valence-electron chi connectivity index (χ0n) is 12.0. The maximum Gasteiger partial charge on any atom is 0.0708 e. The van der Waals surface area contributed by atoms with Crippen LogP contribution in [0.3, 0.4) is 0 Å². The van der Waals surface area contributed by atoms with Gasteiger partial charge in [-0.3, -0.25) is 4.98 Å². The van der Waals surface area contributed by atoms with Gasteiger partial charge in [0.2, 0.25) is 0 Å². The number of nitrogens with one attached hydrogen (secondary N) is 1. The lowest BCUT2D eigenvalue weighted by atomic mass is 10.1. The van der Waals surface area contributed by atoms with Crippen molar-refractivity contribution in [2.75, 3.05) is 5.32 Å². The van der Waals surface area contributed by atoms with Crippen LogP contribution < -0.4 is 5.32 Å². The summed E-state index contributed by atoms with van der Waals surface area (Å²) >= 11 is 0. The third kappa shape index (κ3) is 3.03. The highest BCUT2D eigenvalue weighted by Gasteiger charge is 2.03. The molecule has 3 nitrogen and oxygen atoms in total. The highest BCUT2D eigenvalue weighted by molar-refractivity contribution is 5.82. The van der Waals surface area contributed by atoms with Crippen LogP contribution in [0.5, 0.6) is 0 Å². The van der Waals surface area contributed by atoms with Gasteiger partial charge < -0.3 is 10.4 Å². The second-order valence-electron chi connectivity index (χ2n) is 5.15. The Balaban J connectivity index is 1.87. The fourth-order valence-corrected chi connectivity index (χ4v) is 2.52. The van der Waals surface area contributed by atoms with Gasteiger partial charge in [0, 0.05) is 23.3 Å². The van der Waals surface area contributed by atoms with Crippen molar-refractivity contribution in [1.29, 1.82) is 0 Å². The number of hydrogen-bond donors (Lipinski definition) is 2. The predicted molar refractivity (Wildman–Crippen MR) is 86.2 cm³/mol. The molecule has 1 heterocycles. The molecule has 0 aliphatic rings. The number of anilines is 1. The molecule has 0 aliphatic heterocycles. The molecule has 2 N–H and O–H groups in total. The number of aryl methyl sites for hydroxylation is 1. The van der Waals surface area contributed by atoms with E-state index >= 15 is 0 Å². The Morgan fingerprint density at radius 3 is 2.76 bits per heavy atom. The van der Waals surface area contributed by atoms with Gasteiger partial charge in [0.25, 0.3) is 0 Å². The predicted octanol–water partition coefficient (Wildman–Crippen LogP) is 3.65. The fourth-order valence-electron chi connectivity index (χ4n) is 2.52. The van der Waals surface area contributed by atoms with Crippen LogP contribution >= 0.6 is 0 Å². The first-order valence-electron chi connectivity index (χ1n) is 7.05. The molecule has 0 aliphatic carbocycles. The van der Waals surface area contributed by atoms with Gasteiger partial charge in [-0.05, 0) is 42.3 Å². The summed E-state index contributed by atoms with van der Waals surface area (Å²) in [4.78, 5) is 4.56. The SMILES string of the molecule is Cc1cc(CNc2cccc(CO)c2)c2ccccc2n1. The molecular formula is C18H18N2O. The Bertz CT molecular complexity index is 768. The molecule has 0 bridgehead atoms. The molecule has 0 spiro atoms. The maximum absolute atomic E-state index is 9.19. The van der Waals surface area contributed by atoms with Crippen molar-refractivity contribution in [2.24, 2.45) is 0 Å². The van der Waals surface area contributed by atoms with Gasteiger partial charge in [0.15, 0.2) is 0 Å². The Kier molecular flexibility index (Phi) is 3.84. The summed E-state index contributed by atoms with van der Waals surface area (Å²) in [5.74, 6) is 0. The quantitative estimate of drug-likeness (QED) is 0.765. The Morgan fingerprint density at radius 1 is 1.05 bits per heavy atom. The summed E-state index contributed by atoms with van der Waals surface area (Å²) in [6.07, 6.45) is 0. The van der Waals surface area contributed by atoms with E-state index in [-0.39, 0.29) is 6.61 Å². The minimum atomic E-state index is 0.0623. The van der Waals surface area contributed by atoms with Gasteiger partial charge in [0.05, 0.1) is 12.1 Å². The van der Waals surface area contributed by atoms with E-state index in [1.54, 1.807) is 0 Å². The van der Waals surface area contributed by atoms with E-state index < -0.39 is 0 Å². The van der Waals surface area contributed by atoms with Crippen molar-refractivity contribution in [3.63, 3.8) is 0 Å². The molecule has 0 amide bonds. The van der Waals surface area contributed by atoms with Crippen LogP contribution in [0.15, 0.2) is 54.6 Å². The van der Waals surface area contributed by atoms with E-state index in [0.29, 0.717) is 0 Å². The molecular weight excluding hydrogens is 260 g/mol. The van der Waals surface area contributed by atoms with Gasteiger partial charge in [-0.15, -0.1) is 0 Å². The van der Waals surface area contributed by atoms with Gasteiger partial charge in [-0.25, -0.2) is 0 Å². The lowest BCUT2D eigenvalue weighted by molar-refractivity contribution is 0.282. The van der Waals surface area contributed by atoms with Crippen molar-refractivity contribution in [3.8, 4) is 0 Å². The molecule has 0 atom stereocenters. The second kappa shape index (κ2) is 5.94. The zero-order chi connectivity index (χ0) is 14.7. The number of aliphatic hydroxyl groups is 1. The second-order valence-corrected chi connectivity index (χ2v) is 5.15. The summed E-state index contributed by atoms with van der Waals surface area (Å²) < 4.78 is 0. The van der Waals surface area contributed by atoms with Crippen LogP contribution in [0.1, 0.15) is 16.8 Å². The third-order valence-electron chi connectivity index (χ3n) is 3.52. The maximum atomic E-state index is 9.19. The molecule has 0 radical (unpaired) electrons. The van der Waals surface area contributed by atoms with Gasteiger partial charge in [0.1, 0.15) is 0 Å². The zero-order valence-corrected chi connectivity index (χ0v) is 12.0. The average molecular weight is 278 g/mol. The number of aromatic nitrogens is 1. The van der Waals surface area contributed by atoms with Crippen molar-refractivity contribution >= 4 is 16.6 Å². The summed E-state index contributed by atoms with van der Waals surface area (Å²) in [5.41, 5.74) is 5.20. The van der Waals surface area contributed by atoms with E-state index in [2.05, 4.69) is 22.4 Å². The highest BCUT2D eigenvalue weighted by atomic mass is 16.3. The molecule has 1 aromatic heterocycles. The first kappa shape index (κ1) is 13.6. The van der Waals surface area contributed by atoms with Crippen LogP contribution in [-0.4, -0.2) is 10.1 Å². The lowest BCUT2D eigenvalue weighted by Crippen LogP contribution is -2.02. The molecule has 0 unspecified atom stereocenters. The molecule has 3 heteroatoms. The number of pyridine rings is 1. The lowest BCUT2D eigenvalue weighted by Gasteiger charge is -2.11. The normalized spacial score (nSPS) is 10.8. The smallest absolute Gasteiger partial charge is 0.0708 e. The van der Waals surface area contributed by atoms with Crippen molar-refractivity contribution < 1.29 is 5.11 Å². The van der Waals surface area contributed by atoms with Crippen molar-refractivity contribution in [3.05, 3.63) is 71.4 Å².